The first-order valence-corrected chi connectivity index (χ1v) is 6.32. The fourth-order valence-corrected chi connectivity index (χ4v) is 1.93. The largest absolute Gasteiger partial charge is 0.497 e. The van der Waals surface area contributed by atoms with Gasteiger partial charge in [0.05, 0.1) is 12.7 Å². The van der Waals surface area contributed by atoms with E-state index < -0.39 is 28.8 Å². The Hall–Kier alpha value is -2.30. The van der Waals surface area contributed by atoms with Gasteiger partial charge in [-0.15, -0.1) is 0 Å². The number of halogens is 3. The highest BCUT2D eigenvalue weighted by molar-refractivity contribution is 5.96. The molecule has 0 unspecified atom stereocenters. The van der Waals surface area contributed by atoms with Gasteiger partial charge in [0, 0.05) is 6.42 Å². The van der Waals surface area contributed by atoms with Crippen LogP contribution in [0.15, 0.2) is 36.4 Å². The van der Waals surface area contributed by atoms with Gasteiger partial charge in [-0.05, 0) is 36.2 Å². The van der Waals surface area contributed by atoms with Crippen LogP contribution in [0.1, 0.15) is 22.3 Å². The fraction of sp³-hybridized carbons (Fsp3) is 0.188. The maximum Gasteiger partial charge on any atom is 0.195 e. The number of rotatable bonds is 5. The number of methoxy groups -OCH3 is 1. The SMILES string of the molecule is COc1ccc(CCC(=O)c2ccc(F)c(F)c2F)cc1. The number of hydrogen-bond acceptors (Lipinski definition) is 2. The second-order valence-electron chi connectivity index (χ2n) is 4.49. The van der Waals surface area contributed by atoms with E-state index in [-0.39, 0.29) is 6.42 Å². The first-order valence-electron chi connectivity index (χ1n) is 6.32. The van der Waals surface area contributed by atoms with Crippen molar-refractivity contribution in [2.45, 2.75) is 12.8 Å². The van der Waals surface area contributed by atoms with Crippen LogP contribution in [0, 0.1) is 17.5 Å². The highest BCUT2D eigenvalue weighted by Crippen LogP contribution is 2.18. The first-order chi connectivity index (χ1) is 10.0. The van der Waals surface area contributed by atoms with Crippen LogP contribution in [0.4, 0.5) is 13.2 Å². The molecule has 2 nitrogen and oxygen atoms in total. The molecule has 0 saturated heterocycles. The molecule has 0 aromatic heterocycles. The molecule has 0 spiro atoms. The lowest BCUT2D eigenvalue weighted by atomic mass is 10.0. The molecule has 110 valence electrons. The molecule has 0 bridgehead atoms. The van der Waals surface area contributed by atoms with E-state index in [9.17, 15) is 18.0 Å². The molecule has 0 atom stereocenters. The monoisotopic (exact) mass is 294 g/mol. The van der Waals surface area contributed by atoms with Crippen LogP contribution in [0.2, 0.25) is 0 Å². The molecule has 5 heteroatoms. The first kappa shape index (κ1) is 15.1. The molecule has 0 aliphatic carbocycles. The summed E-state index contributed by atoms with van der Waals surface area (Å²) in [5, 5.41) is 0. The standard InChI is InChI=1S/C16H13F3O2/c1-21-11-5-2-10(3-6-11)4-9-14(20)12-7-8-13(17)16(19)15(12)18/h2-3,5-8H,4,9H2,1H3. The van der Waals surface area contributed by atoms with Crippen LogP contribution in [0.5, 0.6) is 5.75 Å². The van der Waals surface area contributed by atoms with Crippen molar-refractivity contribution in [1.29, 1.82) is 0 Å². The molecule has 21 heavy (non-hydrogen) atoms. The minimum absolute atomic E-state index is 0.00826. The predicted molar refractivity (Wildman–Crippen MR) is 72.0 cm³/mol. The zero-order chi connectivity index (χ0) is 15.4. The summed E-state index contributed by atoms with van der Waals surface area (Å²) in [6.45, 7) is 0. The smallest absolute Gasteiger partial charge is 0.195 e. The maximum atomic E-state index is 13.5. The molecule has 0 N–H and O–H groups in total. The summed E-state index contributed by atoms with van der Waals surface area (Å²) >= 11 is 0. The molecule has 0 amide bonds. The highest BCUT2D eigenvalue weighted by Gasteiger charge is 2.18. The van der Waals surface area contributed by atoms with E-state index in [0.717, 1.165) is 17.7 Å². The molecule has 2 rings (SSSR count). The van der Waals surface area contributed by atoms with Crippen molar-refractivity contribution < 1.29 is 22.7 Å². The van der Waals surface area contributed by atoms with Crippen LogP contribution in [0.3, 0.4) is 0 Å². The predicted octanol–water partition coefficient (Wildman–Crippen LogP) is 3.93. The molecule has 2 aromatic rings. The second kappa shape index (κ2) is 6.43. The number of hydrogen-bond donors (Lipinski definition) is 0. The van der Waals surface area contributed by atoms with E-state index in [0.29, 0.717) is 12.2 Å². The van der Waals surface area contributed by atoms with Gasteiger partial charge in [0.1, 0.15) is 5.75 Å². The third kappa shape index (κ3) is 3.42. The van der Waals surface area contributed by atoms with E-state index >= 15 is 0 Å². The van der Waals surface area contributed by atoms with Gasteiger partial charge >= 0.3 is 0 Å². The van der Waals surface area contributed by atoms with Crippen molar-refractivity contribution in [3.8, 4) is 5.75 Å². The number of carbonyl (C=O) groups excluding carboxylic acids is 1. The molecule has 0 aliphatic heterocycles. The van der Waals surface area contributed by atoms with E-state index in [1.807, 2.05) is 0 Å². The van der Waals surface area contributed by atoms with Crippen molar-refractivity contribution in [2.75, 3.05) is 7.11 Å². The van der Waals surface area contributed by atoms with E-state index in [2.05, 4.69) is 0 Å². The average molecular weight is 294 g/mol. The summed E-state index contributed by atoms with van der Waals surface area (Å²) < 4.78 is 44.4. The third-order valence-electron chi connectivity index (χ3n) is 3.14. The number of Topliss-reactive ketones (excluding diaryl/α,β-unsaturated/α-hetero) is 1. The summed E-state index contributed by atoms with van der Waals surface area (Å²) in [5.41, 5.74) is 0.439. The zero-order valence-corrected chi connectivity index (χ0v) is 11.3. The summed E-state index contributed by atoms with van der Waals surface area (Å²) in [7, 11) is 1.55. The van der Waals surface area contributed by atoms with Crippen LogP contribution < -0.4 is 4.74 Å². The van der Waals surface area contributed by atoms with Crippen LogP contribution in [0.25, 0.3) is 0 Å². The van der Waals surface area contributed by atoms with Gasteiger partial charge in [-0.3, -0.25) is 4.79 Å². The Balaban J connectivity index is 2.06. The number of benzene rings is 2. The third-order valence-corrected chi connectivity index (χ3v) is 3.14. The Morgan fingerprint density at radius 3 is 2.29 bits per heavy atom. The summed E-state index contributed by atoms with van der Waals surface area (Å²) in [5.74, 6) is -4.24. The molecular weight excluding hydrogens is 281 g/mol. The Bertz CT molecular complexity index is 651. The molecular formula is C16H13F3O2. The Morgan fingerprint density at radius 2 is 1.67 bits per heavy atom. The minimum atomic E-state index is -1.62. The molecule has 0 fully saturated rings. The van der Waals surface area contributed by atoms with Gasteiger partial charge in [0.2, 0.25) is 0 Å². The topological polar surface area (TPSA) is 26.3 Å². The van der Waals surface area contributed by atoms with Gasteiger partial charge < -0.3 is 4.74 Å². The Labute approximate surface area is 120 Å². The van der Waals surface area contributed by atoms with Gasteiger partial charge in [-0.25, -0.2) is 13.2 Å². The van der Waals surface area contributed by atoms with Crippen molar-refractivity contribution in [3.05, 3.63) is 65.0 Å². The molecule has 0 radical (unpaired) electrons. The molecule has 0 saturated carbocycles. The van der Waals surface area contributed by atoms with Crippen molar-refractivity contribution >= 4 is 5.78 Å². The van der Waals surface area contributed by atoms with Gasteiger partial charge in [-0.1, -0.05) is 12.1 Å². The quantitative estimate of drug-likeness (QED) is 0.617. The summed E-state index contributed by atoms with van der Waals surface area (Å²) in [4.78, 5) is 11.9. The van der Waals surface area contributed by atoms with Crippen LogP contribution in [-0.4, -0.2) is 12.9 Å². The van der Waals surface area contributed by atoms with Crippen LogP contribution in [-0.2, 0) is 6.42 Å². The highest BCUT2D eigenvalue weighted by atomic mass is 19.2. The lowest BCUT2D eigenvalue weighted by Gasteiger charge is -2.05. The van der Waals surface area contributed by atoms with Gasteiger partial charge in [0.25, 0.3) is 0 Å². The lowest BCUT2D eigenvalue weighted by molar-refractivity contribution is 0.0977. The van der Waals surface area contributed by atoms with E-state index in [1.165, 1.54) is 0 Å². The molecule has 2 aromatic carbocycles. The number of carbonyl (C=O) groups is 1. The van der Waals surface area contributed by atoms with E-state index in [4.69, 9.17) is 4.74 Å². The summed E-state index contributed by atoms with van der Waals surface area (Å²) in [6.07, 6.45) is 0.385. The minimum Gasteiger partial charge on any atom is -0.497 e. The fourth-order valence-electron chi connectivity index (χ4n) is 1.93. The molecule has 0 heterocycles. The van der Waals surface area contributed by atoms with Crippen molar-refractivity contribution in [2.24, 2.45) is 0 Å². The number of ketones is 1. The van der Waals surface area contributed by atoms with Crippen LogP contribution >= 0.6 is 0 Å². The van der Waals surface area contributed by atoms with Gasteiger partial charge in [0.15, 0.2) is 23.2 Å². The van der Waals surface area contributed by atoms with E-state index in [1.54, 1.807) is 31.4 Å². The second-order valence-corrected chi connectivity index (χ2v) is 4.49. The van der Waals surface area contributed by atoms with Crippen molar-refractivity contribution in [3.63, 3.8) is 0 Å². The number of aryl methyl sites for hydroxylation is 1. The lowest BCUT2D eigenvalue weighted by Crippen LogP contribution is -2.07. The zero-order valence-electron chi connectivity index (χ0n) is 11.3. The average Bonchev–Trinajstić information content (AvgIpc) is 2.51. The number of ether oxygens (including phenoxy) is 1. The Morgan fingerprint density at radius 1 is 1.00 bits per heavy atom. The summed E-state index contributed by atoms with van der Waals surface area (Å²) in [6, 6.07) is 8.78. The normalized spacial score (nSPS) is 10.5. The molecule has 0 aliphatic rings. The van der Waals surface area contributed by atoms with Gasteiger partial charge in [-0.2, -0.15) is 0 Å². The Kier molecular flexibility index (Phi) is 4.62. The maximum absolute atomic E-state index is 13.5. The van der Waals surface area contributed by atoms with Crippen molar-refractivity contribution in [1.82, 2.24) is 0 Å².